The van der Waals surface area contributed by atoms with Gasteiger partial charge in [-0.3, -0.25) is 0 Å². The molecule has 1 aromatic rings. The Morgan fingerprint density at radius 1 is 1.50 bits per heavy atom. The maximum absolute atomic E-state index is 13.3. The van der Waals surface area contributed by atoms with E-state index < -0.39 is 0 Å². The van der Waals surface area contributed by atoms with E-state index in [9.17, 15) is 4.39 Å². The number of aryl methyl sites for hydroxylation is 1. The third kappa shape index (κ3) is 4.52. The van der Waals surface area contributed by atoms with E-state index in [1.54, 1.807) is 6.07 Å². The lowest BCUT2D eigenvalue weighted by molar-refractivity contribution is 0.316. The van der Waals surface area contributed by atoms with Gasteiger partial charge >= 0.3 is 0 Å². The van der Waals surface area contributed by atoms with Gasteiger partial charge in [-0.25, -0.2) is 4.39 Å². The van der Waals surface area contributed by atoms with E-state index in [2.05, 4.69) is 26.4 Å². The summed E-state index contributed by atoms with van der Waals surface area (Å²) in [5.41, 5.74) is 7.13. The smallest absolute Gasteiger partial charge is 0.139 e. The fraction of sp³-hybridized carbons (Fsp3) is 0.417. The molecule has 0 aliphatic heterocycles. The van der Waals surface area contributed by atoms with Crippen LogP contribution < -0.4 is 11.1 Å². The maximum atomic E-state index is 13.3. The van der Waals surface area contributed by atoms with Crippen molar-refractivity contribution in [2.24, 2.45) is 10.9 Å². The molecule has 100 valence electrons. The predicted molar refractivity (Wildman–Crippen MR) is 74.6 cm³/mol. The Labute approximate surface area is 114 Å². The Morgan fingerprint density at radius 2 is 2.22 bits per heavy atom. The van der Waals surface area contributed by atoms with Crippen molar-refractivity contribution in [3.8, 4) is 0 Å². The largest absolute Gasteiger partial charge is 0.409 e. The number of oxime groups is 1. The summed E-state index contributed by atoms with van der Waals surface area (Å²) in [5, 5.41) is 14.4. The van der Waals surface area contributed by atoms with E-state index in [-0.39, 0.29) is 11.7 Å². The average molecular weight is 318 g/mol. The molecule has 0 aliphatic rings. The number of rotatable bonds is 6. The molecule has 4 N–H and O–H groups in total. The fourth-order valence-corrected chi connectivity index (χ4v) is 2.00. The minimum Gasteiger partial charge on any atom is -0.409 e. The quantitative estimate of drug-likeness (QED) is 0.248. The second-order valence-electron chi connectivity index (χ2n) is 4.06. The van der Waals surface area contributed by atoms with Crippen LogP contribution in [0.3, 0.4) is 0 Å². The second-order valence-corrected chi connectivity index (χ2v) is 4.91. The molecule has 0 aliphatic carbocycles. The van der Waals surface area contributed by atoms with Crippen LogP contribution in [-0.4, -0.2) is 17.6 Å². The molecular weight excluding hydrogens is 301 g/mol. The molecule has 0 amide bonds. The van der Waals surface area contributed by atoms with E-state index in [4.69, 9.17) is 10.9 Å². The summed E-state index contributed by atoms with van der Waals surface area (Å²) in [6, 6.07) is 3.22. The van der Waals surface area contributed by atoms with Gasteiger partial charge in [-0.1, -0.05) is 5.16 Å². The van der Waals surface area contributed by atoms with E-state index in [1.165, 1.54) is 6.07 Å². The van der Waals surface area contributed by atoms with Gasteiger partial charge in [-0.15, -0.1) is 0 Å². The first-order valence-electron chi connectivity index (χ1n) is 5.70. The number of benzene rings is 1. The number of nitrogens with zero attached hydrogens (tertiary/aromatic N) is 1. The molecule has 18 heavy (non-hydrogen) atoms. The van der Waals surface area contributed by atoms with E-state index in [0.29, 0.717) is 10.9 Å². The Bertz CT molecular complexity index is 438. The standard InChI is InChI=1S/C12H17BrFN3O/c1-8-6-9(13)10(14)7-11(8)16-5-3-2-4-12(15)17-18/h6-7,16,18H,2-5H2,1H3,(H2,15,17). The van der Waals surface area contributed by atoms with Gasteiger partial charge in [0.15, 0.2) is 0 Å². The normalized spacial score (nSPS) is 11.6. The summed E-state index contributed by atoms with van der Waals surface area (Å²) in [6.45, 7) is 2.64. The van der Waals surface area contributed by atoms with Crippen LogP contribution in [0.4, 0.5) is 10.1 Å². The van der Waals surface area contributed by atoms with Crippen molar-refractivity contribution in [1.29, 1.82) is 0 Å². The number of hydrogen-bond donors (Lipinski definition) is 3. The second kappa shape index (κ2) is 7.20. The molecule has 1 aromatic carbocycles. The molecule has 0 heterocycles. The number of halogens is 2. The Kier molecular flexibility index (Phi) is 5.91. The first-order valence-corrected chi connectivity index (χ1v) is 6.50. The van der Waals surface area contributed by atoms with Crippen LogP contribution >= 0.6 is 15.9 Å². The molecule has 0 unspecified atom stereocenters. The van der Waals surface area contributed by atoms with Crippen molar-refractivity contribution in [1.82, 2.24) is 0 Å². The Hall–Kier alpha value is -1.30. The lowest BCUT2D eigenvalue weighted by atomic mass is 10.2. The minimum atomic E-state index is -0.278. The third-order valence-corrected chi connectivity index (χ3v) is 3.18. The molecule has 1 rings (SSSR count). The predicted octanol–water partition coefficient (Wildman–Crippen LogP) is 3.23. The molecule has 0 aromatic heterocycles. The zero-order chi connectivity index (χ0) is 13.5. The highest BCUT2D eigenvalue weighted by Crippen LogP contribution is 2.23. The third-order valence-electron chi connectivity index (χ3n) is 2.57. The van der Waals surface area contributed by atoms with Gasteiger partial charge in [0.05, 0.1) is 4.47 Å². The molecule has 0 bridgehead atoms. The van der Waals surface area contributed by atoms with E-state index in [0.717, 1.165) is 30.6 Å². The van der Waals surface area contributed by atoms with Crippen LogP contribution in [0.15, 0.2) is 21.8 Å². The van der Waals surface area contributed by atoms with Crippen molar-refractivity contribution < 1.29 is 9.60 Å². The van der Waals surface area contributed by atoms with Gasteiger partial charge in [0.1, 0.15) is 11.7 Å². The van der Waals surface area contributed by atoms with Gasteiger partial charge in [0, 0.05) is 18.7 Å². The summed E-state index contributed by atoms with van der Waals surface area (Å²) in [6.07, 6.45) is 2.25. The summed E-state index contributed by atoms with van der Waals surface area (Å²) in [7, 11) is 0. The van der Waals surface area contributed by atoms with Crippen molar-refractivity contribution >= 4 is 27.5 Å². The summed E-state index contributed by atoms with van der Waals surface area (Å²) in [4.78, 5) is 0. The van der Waals surface area contributed by atoms with Crippen LogP contribution in [0.1, 0.15) is 24.8 Å². The van der Waals surface area contributed by atoms with Crippen LogP contribution in [0.5, 0.6) is 0 Å². The molecule has 0 atom stereocenters. The van der Waals surface area contributed by atoms with Gasteiger partial charge in [0.25, 0.3) is 0 Å². The zero-order valence-corrected chi connectivity index (χ0v) is 11.8. The van der Waals surface area contributed by atoms with Gasteiger partial charge < -0.3 is 16.3 Å². The van der Waals surface area contributed by atoms with Crippen molar-refractivity contribution in [3.05, 3.63) is 28.0 Å². The van der Waals surface area contributed by atoms with E-state index >= 15 is 0 Å². The minimum absolute atomic E-state index is 0.237. The molecule has 0 radical (unpaired) electrons. The molecule has 6 heteroatoms. The Morgan fingerprint density at radius 3 is 2.89 bits per heavy atom. The number of nitrogens with two attached hydrogens (primary N) is 1. The van der Waals surface area contributed by atoms with E-state index in [1.807, 2.05) is 6.92 Å². The van der Waals surface area contributed by atoms with Crippen LogP contribution in [0.2, 0.25) is 0 Å². The molecule has 0 spiro atoms. The molecule has 0 saturated heterocycles. The zero-order valence-electron chi connectivity index (χ0n) is 10.2. The first-order chi connectivity index (χ1) is 8.54. The number of unbranched alkanes of at least 4 members (excludes halogenated alkanes) is 1. The number of hydrogen-bond acceptors (Lipinski definition) is 3. The fourth-order valence-electron chi connectivity index (χ4n) is 1.54. The molecule has 4 nitrogen and oxygen atoms in total. The van der Waals surface area contributed by atoms with Crippen LogP contribution in [0.25, 0.3) is 0 Å². The lowest BCUT2D eigenvalue weighted by Gasteiger charge is -2.10. The molecule has 0 fully saturated rings. The highest BCUT2D eigenvalue weighted by Gasteiger charge is 2.04. The van der Waals surface area contributed by atoms with Gasteiger partial charge in [-0.2, -0.15) is 0 Å². The number of nitrogens with one attached hydrogen (secondary N) is 1. The topological polar surface area (TPSA) is 70.6 Å². The SMILES string of the molecule is Cc1cc(Br)c(F)cc1NCCCC/C(N)=N/O. The summed E-state index contributed by atoms with van der Waals surface area (Å²) in [5.74, 6) is -0.0411. The van der Waals surface area contributed by atoms with Gasteiger partial charge in [-0.05, 0) is 53.4 Å². The van der Waals surface area contributed by atoms with Crippen molar-refractivity contribution in [2.75, 3.05) is 11.9 Å². The highest BCUT2D eigenvalue weighted by molar-refractivity contribution is 9.10. The van der Waals surface area contributed by atoms with Crippen LogP contribution in [-0.2, 0) is 0 Å². The van der Waals surface area contributed by atoms with Gasteiger partial charge in [0.2, 0.25) is 0 Å². The maximum Gasteiger partial charge on any atom is 0.139 e. The highest BCUT2D eigenvalue weighted by atomic mass is 79.9. The first kappa shape index (κ1) is 14.8. The molecule has 0 saturated carbocycles. The van der Waals surface area contributed by atoms with Crippen molar-refractivity contribution in [2.45, 2.75) is 26.2 Å². The summed E-state index contributed by atoms with van der Waals surface area (Å²) >= 11 is 3.14. The van der Waals surface area contributed by atoms with Crippen molar-refractivity contribution in [3.63, 3.8) is 0 Å². The Balaban J connectivity index is 2.38. The van der Waals surface area contributed by atoms with Crippen LogP contribution in [0, 0.1) is 12.7 Å². The average Bonchev–Trinajstić information content (AvgIpc) is 2.34. The monoisotopic (exact) mass is 317 g/mol. The summed E-state index contributed by atoms with van der Waals surface area (Å²) < 4.78 is 13.8. The number of anilines is 1. The molecular formula is C12H17BrFN3O. The lowest BCUT2D eigenvalue weighted by Crippen LogP contribution is -2.12. The number of amidine groups is 1.